The Hall–Kier alpha value is -4.11. The summed E-state index contributed by atoms with van der Waals surface area (Å²) in [5.41, 5.74) is 0.758. The third kappa shape index (κ3) is 4.63. The molecule has 1 aliphatic heterocycles. The Bertz CT molecular complexity index is 1320. The van der Waals surface area contributed by atoms with Crippen LogP contribution >= 0.6 is 0 Å². The van der Waals surface area contributed by atoms with Gasteiger partial charge in [-0.2, -0.15) is 0 Å². The molecule has 2 heterocycles. The largest absolute Gasteiger partial charge is 0.503 e. The number of esters is 1. The van der Waals surface area contributed by atoms with Crippen molar-refractivity contribution in [1.82, 2.24) is 4.90 Å². The first-order valence-electron chi connectivity index (χ1n) is 11.0. The first-order valence-corrected chi connectivity index (χ1v) is 11.0. The summed E-state index contributed by atoms with van der Waals surface area (Å²) in [6.45, 7) is 1.89. The predicted molar refractivity (Wildman–Crippen MR) is 125 cm³/mol. The van der Waals surface area contributed by atoms with Crippen molar-refractivity contribution in [2.45, 2.75) is 19.4 Å². The van der Waals surface area contributed by atoms with Gasteiger partial charge in [0.15, 0.2) is 22.9 Å². The molecule has 9 nitrogen and oxygen atoms in total. The molecule has 1 amide bonds. The lowest BCUT2D eigenvalue weighted by Gasteiger charge is -2.26. The number of aliphatic hydroxyl groups is 1. The summed E-state index contributed by atoms with van der Waals surface area (Å²) in [6.07, 6.45) is 0.485. The first-order chi connectivity index (χ1) is 16.8. The fraction of sp³-hybridized carbons (Fsp3) is 0.269. The van der Waals surface area contributed by atoms with E-state index in [1.807, 2.05) is 0 Å². The predicted octanol–water partition coefficient (Wildman–Crippen LogP) is 3.98. The van der Waals surface area contributed by atoms with Gasteiger partial charge in [-0.1, -0.05) is 24.3 Å². The molecule has 1 atom stereocenters. The average molecular weight is 479 g/mol. The molecule has 4 rings (SSSR count). The van der Waals surface area contributed by atoms with Crippen LogP contribution in [0.3, 0.4) is 0 Å². The second-order valence-corrected chi connectivity index (χ2v) is 7.99. The number of para-hydroxylation sites is 1. The number of ether oxygens (including phenoxy) is 3. The van der Waals surface area contributed by atoms with Gasteiger partial charge in [0.25, 0.3) is 5.91 Å². The van der Waals surface area contributed by atoms with Gasteiger partial charge in [0.1, 0.15) is 5.75 Å². The van der Waals surface area contributed by atoms with E-state index < -0.39 is 29.5 Å². The number of furan rings is 1. The standard InChI is InChI=1S/C26H25NO8/c1-15(28)34-18-9-4-7-16(13-18)22-21(24(30)26(31)27(22)11-6-12-32-2)23(29)20-14-17-8-5-10-19(33-3)25(17)35-20/h4-5,7-10,13-14,22,30H,6,11-12H2,1-3H3. The Morgan fingerprint density at radius 2 is 1.89 bits per heavy atom. The zero-order chi connectivity index (χ0) is 25.1. The van der Waals surface area contributed by atoms with Crippen molar-refractivity contribution in [3.05, 3.63) is 71.2 Å². The maximum Gasteiger partial charge on any atom is 0.308 e. The number of benzene rings is 2. The topological polar surface area (TPSA) is 116 Å². The van der Waals surface area contributed by atoms with Crippen molar-refractivity contribution < 1.29 is 38.1 Å². The first kappa shape index (κ1) is 24.0. The fourth-order valence-electron chi connectivity index (χ4n) is 4.20. The second kappa shape index (κ2) is 10.0. The highest BCUT2D eigenvalue weighted by atomic mass is 16.5. The minimum atomic E-state index is -0.919. The van der Waals surface area contributed by atoms with E-state index >= 15 is 0 Å². The maximum absolute atomic E-state index is 13.7. The minimum Gasteiger partial charge on any atom is -0.503 e. The van der Waals surface area contributed by atoms with Crippen molar-refractivity contribution in [2.24, 2.45) is 0 Å². The SMILES string of the molecule is COCCCN1C(=O)C(O)=C(C(=O)c2cc3cccc(OC)c3o2)C1c1cccc(OC(C)=O)c1. The number of ketones is 1. The van der Waals surface area contributed by atoms with Gasteiger partial charge >= 0.3 is 5.97 Å². The molecule has 0 aliphatic carbocycles. The number of hydrogen-bond donors (Lipinski definition) is 1. The van der Waals surface area contributed by atoms with Gasteiger partial charge in [-0.05, 0) is 36.2 Å². The van der Waals surface area contributed by atoms with Crippen LogP contribution in [-0.4, -0.2) is 55.0 Å². The summed E-state index contributed by atoms with van der Waals surface area (Å²) in [4.78, 5) is 39.6. The monoisotopic (exact) mass is 479 g/mol. The number of rotatable bonds is 9. The van der Waals surface area contributed by atoms with Crippen molar-refractivity contribution in [1.29, 1.82) is 0 Å². The molecule has 0 saturated heterocycles. The highest BCUT2D eigenvalue weighted by Crippen LogP contribution is 2.41. The Labute approximate surface area is 201 Å². The Balaban J connectivity index is 1.79. The molecule has 0 bridgehead atoms. The molecule has 0 saturated carbocycles. The number of aliphatic hydroxyl groups excluding tert-OH is 1. The molecule has 3 aromatic rings. The molecule has 1 unspecified atom stereocenters. The zero-order valence-electron chi connectivity index (χ0n) is 19.6. The quantitative estimate of drug-likeness (QED) is 0.212. The summed E-state index contributed by atoms with van der Waals surface area (Å²) in [5, 5.41) is 11.5. The van der Waals surface area contributed by atoms with E-state index in [-0.39, 0.29) is 23.6 Å². The molecule has 182 valence electrons. The fourth-order valence-corrected chi connectivity index (χ4v) is 4.20. The number of carbonyl (C=O) groups is 3. The van der Waals surface area contributed by atoms with Crippen LogP contribution in [0.15, 0.2) is 64.3 Å². The van der Waals surface area contributed by atoms with Gasteiger partial charge in [-0.15, -0.1) is 0 Å². The van der Waals surface area contributed by atoms with Gasteiger partial charge in [-0.25, -0.2) is 0 Å². The van der Waals surface area contributed by atoms with Crippen LogP contribution in [0.25, 0.3) is 11.0 Å². The molecule has 0 spiro atoms. The number of Topliss-reactive ketones (excluding diaryl/α,β-unsaturated/α-hetero) is 1. The summed E-state index contributed by atoms with van der Waals surface area (Å²) in [7, 11) is 3.04. The van der Waals surface area contributed by atoms with Crippen molar-refractivity contribution >= 4 is 28.6 Å². The Morgan fingerprint density at radius 3 is 2.60 bits per heavy atom. The maximum atomic E-state index is 13.7. The number of hydrogen-bond acceptors (Lipinski definition) is 8. The lowest BCUT2D eigenvalue weighted by molar-refractivity contribution is -0.132. The third-order valence-electron chi connectivity index (χ3n) is 5.68. The normalized spacial score (nSPS) is 15.7. The minimum absolute atomic E-state index is 0.0428. The summed E-state index contributed by atoms with van der Waals surface area (Å²) < 4.78 is 21.4. The van der Waals surface area contributed by atoms with E-state index in [0.717, 1.165) is 0 Å². The lowest BCUT2D eigenvalue weighted by atomic mass is 9.94. The molecular weight excluding hydrogens is 454 g/mol. The molecule has 2 aromatic carbocycles. The van der Waals surface area contributed by atoms with E-state index in [9.17, 15) is 19.5 Å². The van der Waals surface area contributed by atoms with Gasteiger partial charge in [-0.3, -0.25) is 14.4 Å². The molecule has 0 radical (unpaired) electrons. The Morgan fingerprint density at radius 1 is 1.11 bits per heavy atom. The Kier molecular flexibility index (Phi) is 6.88. The van der Waals surface area contributed by atoms with Crippen molar-refractivity contribution in [2.75, 3.05) is 27.4 Å². The van der Waals surface area contributed by atoms with E-state index in [0.29, 0.717) is 35.3 Å². The van der Waals surface area contributed by atoms with Crippen LogP contribution in [0.1, 0.15) is 35.5 Å². The second-order valence-electron chi connectivity index (χ2n) is 7.99. The molecule has 1 aliphatic rings. The molecule has 1 N–H and O–H groups in total. The van der Waals surface area contributed by atoms with Crippen molar-refractivity contribution in [3.8, 4) is 11.5 Å². The molecular formula is C26H25NO8. The third-order valence-corrected chi connectivity index (χ3v) is 5.68. The van der Waals surface area contributed by atoms with Crippen LogP contribution in [0.4, 0.5) is 0 Å². The van der Waals surface area contributed by atoms with Crippen LogP contribution in [-0.2, 0) is 14.3 Å². The van der Waals surface area contributed by atoms with Crippen LogP contribution in [0.2, 0.25) is 0 Å². The van der Waals surface area contributed by atoms with Crippen LogP contribution in [0, 0.1) is 0 Å². The van der Waals surface area contributed by atoms with E-state index in [4.69, 9.17) is 18.6 Å². The number of fused-ring (bicyclic) bond motifs is 1. The zero-order valence-corrected chi connectivity index (χ0v) is 19.6. The van der Waals surface area contributed by atoms with Crippen molar-refractivity contribution in [3.63, 3.8) is 0 Å². The van der Waals surface area contributed by atoms with Crippen LogP contribution < -0.4 is 9.47 Å². The number of nitrogens with zero attached hydrogens (tertiary/aromatic N) is 1. The highest BCUT2D eigenvalue weighted by Gasteiger charge is 2.44. The molecule has 35 heavy (non-hydrogen) atoms. The van der Waals surface area contributed by atoms with Gasteiger partial charge in [0.2, 0.25) is 5.78 Å². The number of amides is 1. The summed E-state index contributed by atoms with van der Waals surface area (Å²) in [5.74, 6) is -1.80. The summed E-state index contributed by atoms with van der Waals surface area (Å²) in [6, 6.07) is 12.4. The number of methoxy groups -OCH3 is 2. The average Bonchev–Trinajstić information content (AvgIpc) is 3.38. The molecule has 0 fully saturated rings. The van der Waals surface area contributed by atoms with E-state index in [1.165, 1.54) is 18.9 Å². The number of carbonyl (C=O) groups excluding carboxylic acids is 3. The smallest absolute Gasteiger partial charge is 0.308 e. The van der Waals surface area contributed by atoms with E-state index in [1.54, 1.807) is 55.6 Å². The highest BCUT2D eigenvalue weighted by molar-refractivity contribution is 6.16. The van der Waals surface area contributed by atoms with Gasteiger partial charge in [0.05, 0.1) is 18.7 Å². The van der Waals surface area contributed by atoms with Crippen LogP contribution in [0.5, 0.6) is 11.5 Å². The van der Waals surface area contributed by atoms with Gasteiger partial charge < -0.3 is 28.6 Å². The molecule has 1 aromatic heterocycles. The van der Waals surface area contributed by atoms with Gasteiger partial charge in [0, 0.05) is 32.6 Å². The summed E-state index contributed by atoms with van der Waals surface area (Å²) >= 11 is 0. The molecule has 9 heteroatoms. The lowest BCUT2D eigenvalue weighted by Crippen LogP contribution is -2.32. The van der Waals surface area contributed by atoms with E-state index in [2.05, 4.69) is 0 Å².